The molecule has 10 rings (SSSR count). The zero-order valence-corrected chi connectivity index (χ0v) is 54.3. The Morgan fingerprint density at radius 2 is 0.676 bits per heavy atom. The highest BCUT2D eigenvalue weighted by molar-refractivity contribution is 5.93. The van der Waals surface area contributed by atoms with E-state index in [-0.39, 0.29) is 38.9 Å². The molecule has 3 heterocycles. The first kappa shape index (κ1) is 72.8. The van der Waals surface area contributed by atoms with Gasteiger partial charge in [-0.3, -0.25) is 9.59 Å². The molecule has 0 bridgehead atoms. The highest BCUT2D eigenvalue weighted by atomic mass is 16.8. The van der Waals surface area contributed by atoms with Crippen LogP contribution in [-0.4, -0.2) is 172 Å². The van der Waals surface area contributed by atoms with Crippen molar-refractivity contribution in [1.82, 2.24) is 0 Å². The molecule has 102 heavy (non-hydrogen) atoms. The summed E-state index contributed by atoms with van der Waals surface area (Å²) in [6.07, 6.45) is -30.8. The third-order valence-corrected chi connectivity index (χ3v) is 15.7. The summed E-state index contributed by atoms with van der Waals surface area (Å²) in [5, 5.41) is 3.64. The van der Waals surface area contributed by atoms with Crippen LogP contribution in [0.5, 0.6) is 0 Å². The van der Waals surface area contributed by atoms with Crippen molar-refractivity contribution in [3.63, 3.8) is 0 Å². The SMILES string of the molecule is C=CCOC(=O)[C@H]1O[C@@H](N=[N+]=[N-])[C@H](OC(C)=O)[C@@H](O[C@@H]2O[C@H](COC(=O)c3ccccc3)[C@@H](O[C@@H]3O[C@H](COC(=O)c4ccccc4)[C@H](OC(=O)c4ccccc4)[C@H](OC(=O)c4ccccc4)[C@H]3OC(=O)c3ccccc3)[C@H](OC(=O)c3ccccc3)[C@H]2OC(=O)c2ccccc2)[C@@H]1OC(C)=O. The molecule has 3 aliphatic rings. The highest BCUT2D eigenvalue weighted by Crippen LogP contribution is 2.40. The minimum Gasteiger partial charge on any atom is -0.459 e. The maximum absolute atomic E-state index is 15.2. The molecule has 28 nitrogen and oxygen atoms in total. The summed E-state index contributed by atoms with van der Waals surface area (Å²) in [4.78, 5) is 146. The quantitative estimate of drug-likeness (QED) is 0.0122. The average Bonchev–Trinajstić information content (AvgIpc) is 0.760. The van der Waals surface area contributed by atoms with Crippen molar-refractivity contribution >= 4 is 59.7 Å². The number of ether oxygens (including phenoxy) is 15. The number of azide groups is 1. The lowest BCUT2D eigenvalue weighted by Gasteiger charge is -2.50. The fraction of sp³-hybridized carbons (Fsp3) is 0.270. The van der Waals surface area contributed by atoms with Crippen molar-refractivity contribution < 1.29 is 119 Å². The molecule has 526 valence electrons. The third kappa shape index (κ3) is 18.7. The Kier molecular flexibility index (Phi) is 25.2. The van der Waals surface area contributed by atoms with Crippen LogP contribution < -0.4 is 0 Å². The van der Waals surface area contributed by atoms with Crippen LogP contribution in [0.1, 0.15) is 86.4 Å². The number of esters is 10. The molecule has 0 unspecified atom stereocenters. The predicted molar refractivity (Wildman–Crippen MR) is 349 cm³/mol. The minimum absolute atomic E-state index is 0.0232. The summed E-state index contributed by atoms with van der Waals surface area (Å²) in [5.74, 6) is -11.1. The second kappa shape index (κ2) is 35.2. The minimum atomic E-state index is -2.35. The predicted octanol–water partition coefficient (Wildman–Crippen LogP) is 8.68. The van der Waals surface area contributed by atoms with Crippen LogP contribution in [0.25, 0.3) is 10.4 Å². The van der Waals surface area contributed by atoms with Gasteiger partial charge in [0.1, 0.15) is 44.2 Å². The van der Waals surface area contributed by atoms with E-state index in [0.717, 1.165) is 13.8 Å². The van der Waals surface area contributed by atoms with Gasteiger partial charge < -0.3 is 71.1 Å². The van der Waals surface area contributed by atoms with Crippen LogP contribution in [0.2, 0.25) is 0 Å². The van der Waals surface area contributed by atoms with Gasteiger partial charge in [-0.1, -0.05) is 145 Å². The normalized spacial score (nSPS) is 24.2. The van der Waals surface area contributed by atoms with Crippen molar-refractivity contribution in [2.75, 3.05) is 19.8 Å². The summed E-state index contributed by atoms with van der Waals surface area (Å²) >= 11 is 0. The number of benzene rings is 7. The number of carbonyl (C=O) groups is 10. The van der Waals surface area contributed by atoms with Crippen molar-refractivity contribution in [2.24, 2.45) is 5.11 Å². The van der Waals surface area contributed by atoms with Crippen molar-refractivity contribution in [2.45, 2.75) is 106 Å². The lowest BCUT2D eigenvalue weighted by molar-refractivity contribution is -0.369. The van der Waals surface area contributed by atoms with E-state index in [9.17, 15) is 48.7 Å². The molecule has 0 saturated carbocycles. The zero-order valence-electron chi connectivity index (χ0n) is 54.3. The molecule has 0 aliphatic carbocycles. The molecule has 3 fully saturated rings. The van der Waals surface area contributed by atoms with Gasteiger partial charge in [0.15, 0.2) is 67.6 Å². The molecule has 7 aromatic rings. The monoisotopic (exact) mass is 1400 g/mol. The number of rotatable bonds is 26. The lowest BCUT2D eigenvalue weighted by Crippen LogP contribution is -2.69. The molecule has 3 aliphatic heterocycles. The van der Waals surface area contributed by atoms with Crippen molar-refractivity contribution in [3.05, 3.63) is 274 Å². The topological polar surface area (TPSA) is 358 Å². The molecule has 0 radical (unpaired) electrons. The Morgan fingerprint density at radius 1 is 0.373 bits per heavy atom. The van der Waals surface area contributed by atoms with E-state index in [4.69, 9.17) is 71.1 Å². The molecule has 28 heteroatoms. The van der Waals surface area contributed by atoms with E-state index in [1.807, 2.05) is 0 Å². The second-order valence-corrected chi connectivity index (χ2v) is 22.6. The first-order chi connectivity index (χ1) is 49.5. The van der Waals surface area contributed by atoms with Crippen LogP contribution in [0.4, 0.5) is 0 Å². The smallest absolute Gasteiger partial charge is 0.339 e. The van der Waals surface area contributed by atoms with Gasteiger partial charge in [0, 0.05) is 18.8 Å². The maximum atomic E-state index is 15.2. The van der Waals surface area contributed by atoms with E-state index in [1.165, 1.54) is 164 Å². The summed E-state index contributed by atoms with van der Waals surface area (Å²) in [6, 6.07) is 51.9. The van der Waals surface area contributed by atoms with Gasteiger partial charge in [0.05, 0.1) is 38.9 Å². The Morgan fingerprint density at radius 3 is 1.02 bits per heavy atom. The Hall–Kier alpha value is -11.9. The number of hydrogen-bond acceptors (Lipinski definition) is 26. The summed E-state index contributed by atoms with van der Waals surface area (Å²) < 4.78 is 94.0. The van der Waals surface area contributed by atoms with Crippen molar-refractivity contribution in [3.8, 4) is 0 Å². The van der Waals surface area contributed by atoms with E-state index in [1.54, 1.807) is 54.6 Å². The van der Waals surface area contributed by atoms with E-state index in [0.29, 0.717) is 0 Å². The van der Waals surface area contributed by atoms with Gasteiger partial charge in [-0.25, -0.2) is 38.4 Å². The number of nitrogens with zero attached hydrogens (tertiary/aromatic N) is 3. The summed E-state index contributed by atoms with van der Waals surface area (Å²) in [6.45, 7) is 3.08. The molecular formula is C74H65N3O25. The Bertz CT molecular complexity index is 4120. The molecule has 0 N–H and O–H groups in total. The summed E-state index contributed by atoms with van der Waals surface area (Å²) in [5.41, 5.74) is 9.41. The largest absolute Gasteiger partial charge is 0.459 e. The fourth-order valence-corrected chi connectivity index (χ4v) is 11.0. The van der Waals surface area contributed by atoms with E-state index < -0.39 is 172 Å². The molecule has 0 spiro atoms. The first-order valence-corrected chi connectivity index (χ1v) is 31.7. The Labute approximate surface area is 581 Å². The maximum Gasteiger partial charge on any atom is 0.339 e. The van der Waals surface area contributed by atoms with Crippen LogP contribution in [0.3, 0.4) is 0 Å². The van der Waals surface area contributed by atoms with Gasteiger partial charge in [-0.05, 0) is 90.5 Å². The molecule has 3 saturated heterocycles. The molecule has 15 atom stereocenters. The number of carbonyl (C=O) groups excluding carboxylic acids is 10. The second-order valence-electron chi connectivity index (χ2n) is 22.6. The van der Waals surface area contributed by atoms with E-state index >= 15 is 4.79 Å². The Balaban J connectivity index is 1.19. The highest BCUT2D eigenvalue weighted by Gasteiger charge is 2.61. The third-order valence-electron chi connectivity index (χ3n) is 15.7. The standard InChI is InChI=1S/C74H65N3O25/c1-4-40-88-72(87)61-59(91-43(2)78)58(60(92-44(3)79)64(95-61)76-77-75)102-74-63(100-71(86)51-38-24-11-25-39-51)57(98-69(84)49-34-20-9-21-35-49)55(53(94-74)42-90-66(81)46-28-14-6-15-29-46)101-73-62(99-70(85)50-36-22-10-23-37-50)56(97-68(83)48-32-18-8-19-33-48)54(96-67(82)47-30-16-7-17-31-47)52(93-73)41-89-65(80)45-26-12-5-13-27-45/h4-39,52-64,73-74H,1,40-42H2,2-3H3/t52-,53-,54+,55-,56+,57+,58+,59+,60-,61+,62-,63-,64-,73+,74+/m1/s1. The molecule has 7 aromatic carbocycles. The molecule has 0 aromatic heterocycles. The van der Waals surface area contributed by atoms with Crippen molar-refractivity contribution in [1.29, 1.82) is 0 Å². The van der Waals surface area contributed by atoms with E-state index in [2.05, 4.69) is 16.6 Å². The van der Waals surface area contributed by atoms with Crippen LogP contribution >= 0.6 is 0 Å². The van der Waals surface area contributed by atoms with Crippen LogP contribution in [0.15, 0.2) is 230 Å². The first-order valence-electron chi connectivity index (χ1n) is 31.7. The van der Waals surface area contributed by atoms with Gasteiger partial charge in [0.2, 0.25) is 0 Å². The summed E-state index contributed by atoms with van der Waals surface area (Å²) in [7, 11) is 0. The van der Waals surface area contributed by atoms with Gasteiger partial charge in [-0.15, -0.1) is 0 Å². The molecule has 0 amide bonds. The fourth-order valence-electron chi connectivity index (χ4n) is 11.0. The van der Waals surface area contributed by atoms with Crippen LogP contribution in [-0.2, 0) is 85.4 Å². The molecular weight excluding hydrogens is 1330 g/mol. The van der Waals surface area contributed by atoms with Gasteiger partial charge in [0.25, 0.3) is 0 Å². The van der Waals surface area contributed by atoms with Crippen LogP contribution in [0, 0.1) is 0 Å². The zero-order chi connectivity index (χ0) is 72.1. The van der Waals surface area contributed by atoms with Gasteiger partial charge >= 0.3 is 59.7 Å². The van der Waals surface area contributed by atoms with Gasteiger partial charge in [-0.2, -0.15) is 0 Å². The average molecular weight is 1400 g/mol. The number of hydrogen-bond donors (Lipinski definition) is 0. The lowest BCUT2D eigenvalue weighted by atomic mass is 9.94.